The average Bonchev–Trinajstić information content (AvgIpc) is 2.47. The molecule has 0 amide bonds. The van der Waals surface area contributed by atoms with Gasteiger partial charge in [0.2, 0.25) is 10.0 Å². The molecular formula is C12H19N3O4S. The van der Waals surface area contributed by atoms with Crippen LogP contribution < -0.4 is 5.32 Å². The lowest BCUT2D eigenvalue weighted by Crippen LogP contribution is -2.51. The van der Waals surface area contributed by atoms with Gasteiger partial charge < -0.3 is 15.2 Å². The predicted molar refractivity (Wildman–Crippen MR) is 74.0 cm³/mol. The number of hydrogen-bond donors (Lipinski definition) is 2. The zero-order valence-electron chi connectivity index (χ0n) is 11.5. The Morgan fingerprint density at radius 3 is 3.00 bits per heavy atom. The molecule has 7 nitrogen and oxygen atoms in total. The van der Waals surface area contributed by atoms with Crippen molar-refractivity contribution in [3.8, 4) is 0 Å². The van der Waals surface area contributed by atoms with E-state index in [2.05, 4.69) is 10.3 Å². The first-order valence-corrected chi connectivity index (χ1v) is 7.81. The van der Waals surface area contributed by atoms with Crippen molar-refractivity contribution in [3.63, 3.8) is 0 Å². The van der Waals surface area contributed by atoms with E-state index in [-0.39, 0.29) is 30.7 Å². The quantitative estimate of drug-likeness (QED) is 0.806. The summed E-state index contributed by atoms with van der Waals surface area (Å²) in [7, 11) is -1.95. The lowest BCUT2D eigenvalue weighted by Gasteiger charge is -2.36. The Kier molecular flexibility index (Phi) is 4.59. The van der Waals surface area contributed by atoms with Crippen LogP contribution in [0.5, 0.6) is 0 Å². The SMILES string of the molecule is CNc1cc(S(=O)(=O)N2CC(CO)OCC2C)ccn1. The van der Waals surface area contributed by atoms with Crippen LogP contribution in [0.4, 0.5) is 5.82 Å². The van der Waals surface area contributed by atoms with Crippen molar-refractivity contribution < 1.29 is 18.3 Å². The van der Waals surface area contributed by atoms with Crippen molar-refractivity contribution in [3.05, 3.63) is 18.3 Å². The number of sulfonamides is 1. The van der Waals surface area contributed by atoms with Gasteiger partial charge in [0.05, 0.1) is 24.2 Å². The van der Waals surface area contributed by atoms with Crippen LogP contribution in [0.2, 0.25) is 0 Å². The number of nitrogens with zero attached hydrogens (tertiary/aromatic N) is 2. The number of nitrogens with one attached hydrogen (secondary N) is 1. The molecule has 0 aliphatic carbocycles. The predicted octanol–water partition coefficient (Wildman–Crippen LogP) is -0.106. The molecule has 2 rings (SSSR count). The second kappa shape index (κ2) is 6.04. The number of ether oxygens (including phenoxy) is 1. The molecule has 1 aliphatic heterocycles. The van der Waals surface area contributed by atoms with E-state index >= 15 is 0 Å². The number of aliphatic hydroxyl groups is 1. The summed E-state index contributed by atoms with van der Waals surface area (Å²) in [5, 5.41) is 12.0. The highest BCUT2D eigenvalue weighted by Gasteiger charge is 2.35. The lowest BCUT2D eigenvalue weighted by molar-refractivity contribution is -0.0516. The Balaban J connectivity index is 2.32. The van der Waals surface area contributed by atoms with Crippen molar-refractivity contribution >= 4 is 15.8 Å². The van der Waals surface area contributed by atoms with Crippen LogP contribution in [0.15, 0.2) is 23.2 Å². The first-order valence-electron chi connectivity index (χ1n) is 6.37. The highest BCUT2D eigenvalue weighted by atomic mass is 32.2. The summed E-state index contributed by atoms with van der Waals surface area (Å²) in [5.74, 6) is 0.491. The Bertz CT molecular complexity index is 564. The zero-order valence-corrected chi connectivity index (χ0v) is 12.3. The molecule has 1 saturated heterocycles. The fourth-order valence-corrected chi connectivity index (χ4v) is 3.74. The van der Waals surface area contributed by atoms with Crippen molar-refractivity contribution in [1.29, 1.82) is 0 Å². The minimum absolute atomic E-state index is 0.150. The first kappa shape index (κ1) is 15.2. The molecule has 0 radical (unpaired) electrons. The minimum Gasteiger partial charge on any atom is -0.394 e. The Labute approximate surface area is 118 Å². The van der Waals surface area contributed by atoms with E-state index in [9.17, 15) is 8.42 Å². The van der Waals surface area contributed by atoms with Crippen LogP contribution in [0, 0.1) is 0 Å². The van der Waals surface area contributed by atoms with Crippen LogP contribution in [0.3, 0.4) is 0 Å². The maximum atomic E-state index is 12.7. The maximum Gasteiger partial charge on any atom is 0.243 e. The van der Waals surface area contributed by atoms with E-state index in [1.54, 1.807) is 14.0 Å². The summed E-state index contributed by atoms with van der Waals surface area (Å²) >= 11 is 0. The molecule has 2 atom stereocenters. The molecule has 2 heterocycles. The topological polar surface area (TPSA) is 91.8 Å². The molecule has 0 aromatic carbocycles. The van der Waals surface area contributed by atoms with Gasteiger partial charge in [0.25, 0.3) is 0 Å². The Morgan fingerprint density at radius 2 is 2.35 bits per heavy atom. The van der Waals surface area contributed by atoms with Gasteiger partial charge in [-0.05, 0) is 13.0 Å². The third-order valence-corrected chi connectivity index (χ3v) is 5.22. The normalized spacial score (nSPS) is 24.6. The third-order valence-electron chi connectivity index (χ3n) is 3.25. The summed E-state index contributed by atoms with van der Waals surface area (Å²) in [6.07, 6.45) is 0.972. The molecule has 8 heteroatoms. The summed E-state index contributed by atoms with van der Waals surface area (Å²) in [6.45, 7) is 2.01. The van der Waals surface area contributed by atoms with Crippen molar-refractivity contribution in [2.24, 2.45) is 0 Å². The van der Waals surface area contributed by atoms with Crippen molar-refractivity contribution in [1.82, 2.24) is 9.29 Å². The molecule has 2 unspecified atom stereocenters. The van der Waals surface area contributed by atoms with Gasteiger partial charge in [0.1, 0.15) is 5.82 Å². The second-order valence-corrected chi connectivity index (χ2v) is 6.58. The van der Waals surface area contributed by atoms with Gasteiger partial charge >= 0.3 is 0 Å². The van der Waals surface area contributed by atoms with E-state index in [0.717, 1.165) is 0 Å². The molecule has 0 saturated carbocycles. The second-order valence-electron chi connectivity index (χ2n) is 4.69. The Morgan fingerprint density at radius 1 is 1.60 bits per heavy atom. The average molecular weight is 301 g/mol. The van der Waals surface area contributed by atoms with Crippen LogP contribution in [0.1, 0.15) is 6.92 Å². The largest absolute Gasteiger partial charge is 0.394 e. The fourth-order valence-electron chi connectivity index (χ4n) is 2.08. The highest BCUT2D eigenvalue weighted by molar-refractivity contribution is 7.89. The Hall–Kier alpha value is -1.22. The van der Waals surface area contributed by atoms with Gasteiger partial charge in [0.15, 0.2) is 0 Å². The number of aliphatic hydroxyl groups excluding tert-OH is 1. The number of aromatic nitrogens is 1. The van der Waals surface area contributed by atoms with Gasteiger partial charge in [-0.2, -0.15) is 4.31 Å². The summed E-state index contributed by atoms with van der Waals surface area (Å²) < 4.78 is 32.1. The van der Waals surface area contributed by atoms with E-state index in [1.165, 1.54) is 22.6 Å². The van der Waals surface area contributed by atoms with E-state index in [4.69, 9.17) is 9.84 Å². The molecule has 20 heavy (non-hydrogen) atoms. The number of anilines is 1. The van der Waals surface area contributed by atoms with E-state index < -0.39 is 16.1 Å². The monoisotopic (exact) mass is 301 g/mol. The number of hydrogen-bond acceptors (Lipinski definition) is 6. The molecule has 0 spiro atoms. The molecule has 0 bridgehead atoms. The summed E-state index contributed by atoms with van der Waals surface area (Å²) in [6, 6.07) is 2.69. The molecule has 112 valence electrons. The number of morpholine rings is 1. The fraction of sp³-hybridized carbons (Fsp3) is 0.583. The van der Waals surface area contributed by atoms with Crippen LogP contribution in [-0.2, 0) is 14.8 Å². The summed E-state index contributed by atoms with van der Waals surface area (Å²) in [4.78, 5) is 4.19. The molecular weight excluding hydrogens is 282 g/mol. The zero-order chi connectivity index (χ0) is 14.8. The number of rotatable bonds is 4. The van der Waals surface area contributed by atoms with Crippen molar-refractivity contribution in [2.75, 3.05) is 32.1 Å². The number of pyridine rings is 1. The molecule has 2 N–H and O–H groups in total. The lowest BCUT2D eigenvalue weighted by atomic mass is 10.2. The highest BCUT2D eigenvalue weighted by Crippen LogP contribution is 2.23. The van der Waals surface area contributed by atoms with Crippen LogP contribution >= 0.6 is 0 Å². The van der Waals surface area contributed by atoms with Gasteiger partial charge in [-0.3, -0.25) is 0 Å². The standard InChI is InChI=1S/C12H19N3O4S/c1-9-8-19-10(7-16)6-15(9)20(17,18)11-3-4-14-12(5-11)13-2/h3-5,9-10,16H,6-8H2,1-2H3,(H,13,14). The molecule has 1 aromatic heterocycles. The van der Waals surface area contributed by atoms with Crippen LogP contribution in [-0.4, -0.2) is 61.8 Å². The maximum absolute atomic E-state index is 12.7. The minimum atomic E-state index is -3.62. The van der Waals surface area contributed by atoms with Gasteiger partial charge in [-0.1, -0.05) is 0 Å². The smallest absolute Gasteiger partial charge is 0.243 e. The van der Waals surface area contributed by atoms with E-state index in [1.807, 2.05) is 0 Å². The summed E-state index contributed by atoms with van der Waals surface area (Å²) in [5.41, 5.74) is 0. The van der Waals surface area contributed by atoms with Gasteiger partial charge in [-0.25, -0.2) is 13.4 Å². The molecule has 1 aliphatic rings. The van der Waals surface area contributed by atoms with Gasteiger partial charge in [0, 0.05) is 31.9 Å². The van der Waals surface area contributed by atoms with E-state index in [0.29, 0.717) is 5.82 Å². The molecule has 1 fully saturated rings. The molecule has 1 aromatic rings. The van der Waals surface area contributed by atoms with Crippen molar-refractivity contribution in [2.45, 2.75) is 24.0 Å². The van der Waals surface area contributed by atoms with Crippen LogP contribution in [0.25, 0.3) is 0 Å². The third kappa shape index (κ3) is 2.93. The first-order chi connectivity index (χ1) is 9.48. The van der Waals surface area contributed by atoms with Gasteiger partial charge in [-0.15, -0.1) is 0 Å².